The molecule has 17 heavy (non-hydrogen) atoms. The first-order chi connectivity index (χ1) is 8.33. The van der Waals surface area contributed by atoms with E-state index in [2.05, 4.69) is 27.9 Å². The second-order valence-electron chi connectivity index (χ2n) is 3.74. The number of ether oxygens (including phenoxy) is 1. The van der Waals surface area contributed by atoms with Gasteiger partial charge in [-0.2, -0.15) is 0 Å². The molecule has 0 fully saturated rings. The third kappa shape index (κ3) is 7.20. The minimum atomic E-state index is -0.330. The molecule has 1 N–H and O–H groups in total. The minimum Gasteiger partial charge on any atom is -0.445 e. The zero-order chi connectivity index (χ0) is 12.3. The molecule has 0 unspecified atom stereocenters. The summed E-state index contributed by atoms with van der Waals surface area (Å²) in [5.41, 5.74) is 1.01. The Kier molecular flexibility index (Phi) is 7.79. The van der Waals surface area contributed by atoms with Gasteiger partial charge in [0.2, 0.25) is 0 Å². The van der Waals surface area contributed by atoms with E-state index in [9.17, 15) is 4.79 Å². The first-order valence-electron chi connectivity index (χ1n) is 5.83. The lowest BCUT2D eigenvalue weighted by molar-refractivity contribution is 0.139. The number of alkyl carbamates (subject to hydrolysis) is 1. The predicted octanol–water partition coefficient (Wildman–Crippen LogP) is 3.52. The molecule has 0 spiro atoms. The van der Waals surface area contributed by atoms with Gasteiger partial charge in [0.25, 0.3) is 0 Å². The van der Waals surface area contributed by atoms with Gasteiger partial charge in [0.1, 0.15) is 6.61 Å². The average Bonchev–Trinajstić information content (AvgIpc) is 2.37. The molecule has 3 nitrogen and oxygen atoms in total. The van der Waals surface area contributed by atoms with E-state index in [4.69, 9.17) is 4.74 Å². The average molecular weight is 347 g/mol. The molecule has 0 saturated heterocycles. The van der Waals surface area contributed by atoms with E-state index in [-0.39, 0.29) is 6.09 Å². The number of unbranched alkanes of at least 4 members (excludes halogenated alkanes) is 2. The molecule has 0 atom stereocenters. The summed E-state index contributed by atoms with van der Waals surface area (Å²) in [4.78, 5) is 11.3. The molecule has 4 heteroatoms. The van der Waals surface area contributed by atoms with Crippen molar-refractivity contribution in [2.75, 3.05) is 11.0 Å². The standard InChI is InChI=1S/C13H18INO2/c14-9-5-2-6-10-15-13(16)17-11-12-7-3-1-4-8-12/h1,3-4,7-8H,2,5-6,9-11H2,(H,15,16). The van der Waals surface area contributed by atoms with Gasteiger partial charge in [0.05, 0.1) is 0 Å². The summed E-state index contributed by atoms with van der Waals surface area (Å²) < 4.78 is 6.26. The predicted molar refractivity (Wildman–Crippen MR) is 77.4 cm³/mol. The Morgan fingerprint density at radius 2 is 1.94 bits per heavy atom. The summed E-state index contributed by atoms with van der Waals surface area (Å²) >= 11 is 2.36. The van der Waals surface area contributed by atoms with Crippen LogP contribution in [-0.2, 0) is 11.3 Å². The van der Waals surface area contributed by atoms with Crippen molar-refractivity contribution in [3.8, 4) is 0 Å². The minimum absolute atomic E-state index is 0.330. The molecule has 0 bridgehead atoms. The maximum Gasteiger partial charge on any atom is 0.407 e. The summed E-state index contributed by atoms with van der Waals surface area (Å²) in [6, 6.07) is 9.68. The number of hydrogen-bond acceptors (Lipinski definition) is 2. The fraction of sp³-hybridized carbons (Fsp3) is 0.462. The second-order valence-corrected chi connectivity index (χ2v) is 4.82. The van der Waals surface area contributed by atoms with Crippen LogP contribution in [0.1, 0.15) is 24.8 Å². The highest BCUT2D eigenvalue weighted by molar-refractivity contribution is 14.1. The van der Waals surface area contributed by atoms with E-state index in [1.807, 2.05) is 30.3 Å². The van der Waals surface area contributed by atoms with Gasteiger partial charge in [-0.25, -0.2) is 4.79 Å². The molecule has 0 radical (unpaired) electrons. The zero-order valence-electron chi connectivity index (χ0n) is 9.82. The Balaban J connectivity index is 2.05. The number of benzene rings is 1. The first-order valence-corrected chi connectivity index (χ1v) is 7.36. The Labute approximate surface area is 116 Å². The number of amides is 1. The number of carbonyl (C=O) groups excluding carboxylic acids is 1. The largest absolute Gasteiger partial charge is 0.445 e. The smallest absolute Gasteiger partial charge is 0.407 e. The van der Waals surface area contributed by atoms with E-state index in [0.717, 1.165) is 18.4 Å². The second kappa shape index (κ2) is 9.27. The van der Waals surface area contributed by atoms with Crippen molar-refractivity contribution >= 4 is 28.7 Å². The van der Waals surface area contributed by atoms with Gasteiger partial charge in [-0.3, -0.25) is 0 Å². The monoisotopic (exact) mass is 347 g/mol. The SMILES string of the molecule is O=C(NCCCCCI)OCc1ccccc1. The third-order valence-electron chi connectivity index (χ3n) is 2.29. The van der Waals surface area contributed by atoms with Crippen LogP contribution in [0.2, 0.25) is 0 Å². The van der Waals surface area contributed by atoms with Gasteiger partial charge in [-0.05, 0) is 22.8 Å². The number of halogens is 1. The van der Waals surface area contributed by atoms with Crippen LogP contribution in [0.3, 0.4) is 0 Å². The Hall–Kier alpha value is -0.780. The zero-order valence-corrected chi connectivity index (χ0v) is 12.0. The van der Waals surface area contributed by atoms with E-state index >= 15 is 0 Å². The molecule has 1 rings (SSSR count). The molecule has 0 aliphatic rings. The van der Waals surface area contributed by atoms with Crippen LogP contribution in [-0.4, -0.2) is 17.1 Å². The molecule has 94 valence electrons. The Bertz CT molecular complexity index is 316. The van der Waals surface area contributed by atoms with Crippen LogP contribution in [0.15, 0.2) is 30.3 Å². The third-order valence-corrected chi connectivity index (χ3v) is 3.06. The summed E-state index contributed by atoms with van der Waals surface area (Å²) in [5.74, 6) is 0. The molecular weight excluding hydrogens is 329 g/mol. The molecule has 1 aromatic rings. The summed E-state index contributed by atoms with van der Waals surface area (Å²) in [5, 5.41) is 2.75. The van der Waals surface area contributed by atoms with Gasteiger partial charge < -0.3 is 10.1 Å². The quantitative estimate of drug-likeness (QED) is 0.466. The Morgan fingerprint density at radius 1 is 1.18 bits per heavy atom. The lowest BCUT2D eigenvalue weighted by Gasteiger charge is -2.06. The van der Waals surface area contributed by atoms with Gasteiger partial charge in [-0.15, -0.1) is 0 Å². The lowest BCUT2D eigenvalue weighted by atomic mass is 10.2. The van der Waals surface area contributed by atoms with Crippen molar-refractivity contribution < 1.29 is 9.53 Å². The van der Waals surface area contributed by atoms with Crippen molar-refractivity contribution in [1.82, 2.24) is 5.32 Å². The molecule has 0 aromatic heterocycles. The van der Waals surface area contributed by atoms with E-state index in [1.165, 1.54) is 10.8 Å². The number of rotatable bonds is 7. The number of carbonyl (C=O) groups is 1. The van der Waals surface area contributed by atoms with Crippen molar-refractivity contribution in [3.05, 3.63) is 35.9 Å². The van der Waals surface area contributed by atoms with Crippen LogP contribution in [0, 0.1) is 0 Å². The number of alkyl halides is 1. The van der Waals surface area contributed by atoms with Gasteiger partial charge >= 0.3 is 6.09 Å². The summed E-state index contributed by atoms with van der Waals surface area (Å²) in [6.07, 6.45) is 3.05. The molecule has 1 amide bonds. The summed E-state index contributed by atoms with van der Waals surface area (Å²) in [7, 11) is 0. The van der Waals surface area contributed by atoms with Gasteiger partial charge in [0.15, 0.2) is 0 Å². The van der Waals surface area contributed by atoms with Crippen LogP contribution < -0.4 is 5.32 Å². The van der Waals surface area contributed by atoms with Crippen LogP contribution in [0.5, 0.6) is 0 Å². The molecule has 0 heterocycles. The maximum atomic E-state index is 11.3. The van der Waals surface area contributed by atoms with Crippen molar-refractivity contribution in [2.24, 2.45) is 0 Å². The molecular formula is C13H18INO2. The fourth-order valence-electron chi connectivity index (χ4n) is 1.36. The van der Waals surface area contributed by atoms with E-state index < -0.39 is 0 Å². The van der Waals surface area contributed by atoms with Crippen LogP contribution in [0.4, 0.5) is 4.79 Å². The summed E-state index contributed by atoms with van der Waals surface area (Å²) in [6.45, 7) is 1.03. The maximum absolute atomic E-state index is 11.3. The first kappa shape index (κ1) is 14.3. The normalized spacial score (nSPS) is 9.94. The number of nitrogens with one attached hydrogen (secondary N) is 1. The molecule has 0 aliphatic carbocycles. The van der Waals surface area contributed by atoms with Gasteiger partial charge in [0, 0.05) is 6.54 Å². The fourth-order valence-corrected chi connectivity index (χ4v) is 1.90. The van der Waals surface area contributed by atoms with Crippen molar-refractivity contribution in [2.45, 2.75) is 25.9 Å². The van der Waals surface area contributed by atoms with E-state index in [0.29, 0.717) is 13.2 Å². The van der Waals surface area contributed by atoms with Crippen LogP contribution in [0.25, 0.3) is 0 Å². The highest BCUT2D eigenvalue weighted by Crippen LogP contribution is 2.01. The van der Waals surface area contributed by atoms with Crippen LogP contribution >= 0.6 is 22.6 Å². The Morgan fingerprint density at radius 3 is 2.65 bits per heavy atom. The van der Waals surface area contributed by atoms with Crippen molar-refractivity contribution in [1.29, 1.82) is 0 Å². The molecule has 1 aromatic carbocycles. The topological polar surface area (TPSA) is 38.3 Å². The highest BCUT2D eigenvalue weighted by atomic mass is 127. The van der Waals surface area contributed by atoms with Gasteiger partial charge in [-0.1, -0.05) is 59.3 Å². The van der Waals surface area contributed by atoms with E-state index in [1.54, 1.807) is 0 Å². The highest BCUT2D eigenvalue weighted by Gasteiger charge is 2.01. The molecule has 0 saturated carbocycles. The molecule has 0 aliphatic heterocycles. The lowest BCUT2D eigenvalue weighted by Crippen LogP contribution is -2.25. The van der Waals surface area contributed by atoms with Crippen molar-refractivity contribution in [3.63, 3.8) is 0 Å². The number of hydrogen-bond donors (Lipinski definition) is 1.